The zero-order valence-electron chi connectivity index (χ0n) is 25.0. The molecule has 0 spiro atoms. The van der Waals surface area contributed by atoms with Crippen molar-refractivity contribution in [1.29, 1.82) is 0 Å². The van der Waals surface area contributed by atoms with Gasteiger partial charge in [-0.15, -0.1) is 10.2 Å². The first-order chi connectivity index (χ1) is 19.7. The van der Waals surface area contributed by atoms with E-state index in [9.17, 15) is 0 Å². The molecule has 0 radical (unpaired) electrons. The monoisotopic (exact) mass is 550 g/mol. The zero-order chi connectivity index (χ0) is 28.6. The first-order valence-electron chi connectivity index (χ1n) is 15.1. The average molecular weight is 551 g/mol. The Bertz CT molecular complexity index is 1630. The third kappa shape index (κ3) is 6.15. The Morgan fingerprint density at radius 3 is 2.49 bits per heavy atom. The Labute approximate surface area is 242 Å². The van der Waals surface area contributed by atoms with Crippen molar-refractivity contribution < 1.29 is 4.74 Å². The molecule has 2 N–H and O–H groups in total. The number of piperidine rings is 1. The number of nitrogens with zero attached hydrogens (tertiary/aromatic N) is 4. The molecule has 1 aliphatic rings. The van der Waals surface area contributed by atoms with Gasteiger partial charge >= 0.3 is 0 Å². The van der Waals surface area contributed by atoms with Gasteiger partial charge in [-0.05, 0) is 85.7 Å². The fourth-order valence-corrected chi connectivity index (χ4v) is 6.20. The fourth-order valence-electron chi connectivity index (χ4n) is 6.20. The van der Waals surface area contributed by atoms with Crippen molar-refractivity contribution in [2.45, 2.75) is 78.8 Å². The highest BCUT2D eigenvalue weighted by Crippen LogP contribution is 2.33. The van der Waals surface area contributed by atoms with Crippen molar-refractivity contribution in [3.8, 4) is 28.4 Å². The molecule has 5 aromatic rings. The highest BCUT2D eigenvalue weighted by Gasteiger charge is 2.24. The summed E-state index contributed by atoms with van der Waals surface area (Å²) >= 11 is 0. The van der Waals surface area contributed by atoms with Gasteiger partial charge in [0.25, 0.3) is 0 Å². The van der Waals surface area contributed by atoms with E-state index in [1.807, 2.05) is 0 Å². The van der Waals surface area contributed by atoms with Crippen LogP contribution in [0, 0.1) is 5.41 Å². The minimum atomic E-state index is 0.143. The number of aromatic nitrogens is 5. The average Bonchev–Trinajstić information content (AvgIpc) is 3.57. The van der Waals surface area contributed by atoms with Crippen LogP contribution in [0.3, 0.4) is 0 Å². The van der Waals surface area contributed by atoms with Gasteiger partial charge in [-0.25, -0.2) is 0 Å². The molecule has 0 amide bonds. The molecular formula is C34H42N6O. The molecular weight excluding hydrogens is 508 g/mol. The number of ether oxygens (including phenoxy) is 1. The van der Waals surface area contributed by atoms with Gasteiger partial charge in [0.2, 0.25) is 0 Å². The summed E-state index contributed by atoms with van der Waals surface area (Å²) in [5.74, 6) is 2.60. The van der Waals surface area contributed by atoms with Crippen molar-refractivity contribution in [3.63, 3.8) is 0 Å². The number of aromatic amines is 2. The van der Waals surface area contributed by atoms with Gasteiger partial charge in [0.15, 0.2) is 5.82 Å². The molecule has 0 bridgehead atoms. The Hall–Kier alpha value is -3.71. The maximum atomic E-state index is 6.21. The second-order valence-electron chi connectivity index (χ2n) is 13.0. The number of benzene rings is 3. The van der Waals surface area contributed by atoms with E-state index >= 15 is 0 Å². The molecule has 6 rings (SSSR count). The third-order valence-corrected chi connectivity index (χ3v) is 8.36. The lowest BCUT2D eigenvalue weighted by atomic mass is 9.92. The van der Waals surface area contributed by atoms with Crippen molar-refractivity contribution in [2.24, 2.45) is 5.41 Å². The van der Waals surface area contributed by atoms with Gasteiger partial charge in [0.1, 0.15) is 11.6 Å². The second-order valence-corrected chi connectivity index (χ2v) is 13.0. The maximum absolute atomic E-state index is 6.21. The number of H-pyrrole nitrogens is 2. The van der Waals surface area contributed by atoms with Crippen molar-refractivity contribution in [2.75, 3.05) is 13.2 Å². The van der Waals surface area contributed by atoms with Crippen LogP contribution < -0.4 is 4.74 Å². The molecule has 1 fully saturated rings. The van der Waals surface area contributed by atoms with Crippen LogP contribution in [0.25, 0.3) is 44.3 Å². The van der Waals surface area contributed by atoms with E-state index in [1.54, 1.807) is 0 Å². The van der Waals surface area contributed by atoms with Crippen LogP contribution in [0.1, 0.15) is 66.1 Å². The summed E-state index contributed by atoms with van der Waals surface area (Å²) in [6.45, 7) is 13.2. The van der Waals surface area contributed by atoms with Gasteiger partial charge in [-0.3, -0.25) is 10.00 Å². The number of nitrogens with one attached hydrogen (secondary N) is 2. The summed E-state index contributed by atoms with van der Waals surface area (Å²) in [7, 11) is 0. The van der Waals surface area contributed by atoms with Gasteiger partial charge in [-0.1, -0.05) is 45.4 Å². The van der Waals surface area contributed by atoms with Crippen LogP contribution in [0.5, 0.6) is 5.75 Å². The molecule has 3 heterocycles. The standard InChI is InChI=1S/C34H42N6O/c1-22-8-6-9-23(2)40(22)16-7-17-41-28-14-12-24-10-11-25(18-27(24)19-28)32-29-20-26(13-15-30(29)36-38-32)33-35-31(37-39-33)21-34(3,4)5/h10-15,18-20,22-23H,6-9,16-17,21H2,1-5H3,(H,36,38)(H,35,37,39)/t22-,23+. The SMILES string of the molecule is C[C@@H]1CCC[C@H](C)N1CCCOc1ccc2ccc(-c3n[nH]c4ccc(-c5nnc(CC(C)(C)C)[nH]5)cc34)cc2c1. The minimum absolute atomic E-state index is 0.143. The predicted molar refractivity (Wildman–Crippen MR) is 167 cm³/mol. The van der Waals surface area contributed by atoms with E-state index in [4.69, 9.17) is 9.84 Å². The normalized spacial score (nSPS) is 18.4. The van der Waals surface area contributed by atoms with Crippen molar-refractivity contribution in [1.82, 2.24) is 30.3 Å². The summed E-state index contributed by atoms with van der Waals surface area (Å²) < 4.78 is 6.21. The van der Waals surface area contributed by atoms with Crippen molar-refractivity contribution in [3.05, 3.63) is 60.4 Å². The molecule has 7 heteroatoms. The topological polar surface area (TPSA) is 82.7 Å². The first kappa shape index (κ1) is 27.5. The number of rotatable bonds is 8. The Morgan fingerprint density at radius 1 is 0.902 bits per heavy atom. The molecule has 1 aliphatic heterocycles. The molecule has 7 nitrogen and oxygen atoms in total. The van der Waals surface area contributed by atoms with Crippen LogP contribution in [0.2, 0.25) is 0 Å². The molecule has 41 heavy (non-hydrogen) atoms. The molecule has 214 valence electrons. The predicted octanol–water partition coefficient (Wildman–Crippen LogP) is 7.79. The lowest BCUT2D eigenvalue weighted by molar-refractivity contribution is 0.0961. The summed E-state index contributed by atoms with van der Waals surface area (Å²) in [6, 6.07) is 20.5. The highest BCUT2D eigenvalue weighted by atomic mass is 16.5. The summed E-state index contributed by atoms with van der Waals surface area (Å²) in [4.78, 5) is 6.05. The molecule has 0 aliphatic carbocycles. The van der Waals surface area contributed by atoms with Crippen LogP contribution in [0.15, 0.2) is 54.6 Å². The Balaban J connectivity index is 1.19. The van der Waals surface area contributed by atoms with Crippen LogP contribution in [0.4, 0.5) is 0 Å². The van der Waals surface area contributed by atoms with Crippen LogP contribution >= 0.6 is 0 Å². The molecule has 0 unspecified atom stereocenters. The largest absolute Gasteiger partial charge is 0.494 e. The lowest BCUT2D eigenvalue weighted by Gasteiger charge is -2.39. The summed E-state index contributed by atoms with van der Waals surface area (Å²) in [6.07, 6.45) is 5.85. The number of fused-ring (bicyclic) bond motifs is 2. The van der Waals surface area contributed by atoms with E-state index in [-0.39, 0.29) is 5.41 Å². The first-order valence-corrected chi connectivity index (χ1v) is 15.1. The van der Waals surface area contributed by atoms with Gasteiger partial charge in [0, 0.05) is 41.6 Å². The van der Waals surface area contributed by atoms with Gasteiger partial charge in [-0.2, -0.15) is 5.10 Å². The van der Waals surface area contributed by atoms with E-state index in [1.165, 1.54) is 24.6 Å². The number of hydrogen-bond acceptors (Lipinski definition) is 5. The zero-order valence-corrected chi connectivity index (χ0v) is 25.0. The Morgan fingerprint density at radius 2 is 1.68 bits per heavy atom. The summed E-state index contributed by atoms with van der Waals surface area (Å²) in [5.41, 5.74) is 4.13. The van der Waals surface area contributed by atoms with E-state index in [2.05, 4.69) is 114 Å². The smallest absolute Gasteiger partial charge is 0.161 e. The Kier molecular flexibility index (Phi) is 7.56. The molecule has 3 aromatic carbocycles. The lowest BCUT2D eigenvalue weighted by Crippen LogP contribution is -2.44. The molecule has 0 saturated carbocycles. The van der Waals surface area contributed by atoms with E-state index < -0.39 is 0 Å². The quantitative estimate of drug-likeness (QED) is 0.193. The number of likely N-dealkylation sites (tertiary alicyclic amines) is 1. The molecule has 2 atom stereocenters. The highest BCUT2D eigenvalue weighted by molar-refractivity contribution is 5.97. The van der Waals surface area contributed by atoms with Crippen molar-refractivity contribution >= 4 is 21.7 Å². The number of hydrogen-bond donors (Lipinski definition) is 2. The molecule has 1 saturated heterocycles. The molecule has 2 aromatic heterocycles. The third-order valence-electron chi connectivity index (χ3n) is 8.36. The fraction of sp³-hybridized carbons (Fsp3) is 0.441. The van der Waals surface area contributed by atoms with Gasteiger partial charge in [0.05, 0.1) is 17.8 Å². The van der Waals surface area contributed by atoms with E-state index in [0.29, 0.717) is 12.1 Å². The summed E-state index contributed by atoms with van der Waals surface area (Å²) in [5, 5.41) is 20.1. The van der Waals surface area contributed by atoms with E-state index in [0.717, 1.165) is 76.5 Å². The van der Waals surface area contributed by atoms with Gasteiger partial charge < -0.3 is 9.72 Å². The maximum Gasteiger partial charge on any atom is 0.161 e. The minimum Gasteiger partial charge on any atom is -0.494 e. The van der Waals surface area contributed by atoms with Crippen LogP contribution in [-0.4, -0.2) is 55.5 Å². The van der Waals surface area contributed by atoms with Crippen LogP contribution in [-0.2, 0) is 6.42 Å². The second kappa shape index (κ2) is 11.3.